The summed E-state index contributed by atoms with van der Waals surface area (Å²) in [6, 6.07) is -1.22. The van der Waals surface area contributed by atoms with Crippen molar-refractivity contribution in [2.45, 2.75) is 204 Å². The van der Waals surface area contributed by atoms with Crippen LogP contribution in [0, 0.1) is 35.5 Å². The molecule has 3 saturated heterocycles. The lowest BCUT2D eigenvalue weighted by atomic mass is 9.78. The maximum atomic E-state index is 14.6. The van der Waals surface area contributed by atoms with Gasteiger partial charge in [-0.2, -0.15) is 0 Å². The van der Waals surface area contributed by atoms with Crippen LogP contribution >= 0.6 is 0 Å². The molecule has 0 aromatic carbocycles. The third kappa shape index (κ3) is 18.1. The van der Waals surface area contributed by atoms with Gasteiger partial charge >= 0.3 is 12.1 Å². The van der Waals surface area contributed by atoms with Crippen molar-refractivity contribution in [1.29, 1.82) is 0 Å². The molecule has 4 fully saturated rings. The first-order chi connectivity index (χ1) is 38.8. The molecule has 464 valence electrons. The van der Waals surface area contributed by atoms with E-state index in [1.165, 1.54) is 7.11 Å². The van der Waals surface area contributed by atoms with Crippen LogP contribution in [-0.2, 0) is 66.6 Å². The van der Waals surface area contributed by atoms with Gasteiger partial charge in [-0.05, 0) is 107 Å². The number of esters is 1. The van der Waals surface area contributed by atoms with Gasteiger partial charge in [0.1, 0.15) is 55.1 Å². The Morgan fingerprint density at radius 1 is 0.817 bits per heavy atom. The van der Waals surface area contributed by atoms with Gasteiger partial charge in [-0.3, -0.25) is 19.2 Å². The molecular weight excluding hydrogens is 1070 g/mol. The molecule has 0 radical (unpaired) electrons. The Bertz CT molecular complexity index is 2270. The van der Waals surface area contributed by atoms with E-state index in [1.807, 2.05) is 51.2 Å². The Balaban J connectivity index is 1.34. The number of amides is 1. The lowest BCUT2D eigenvalue weighted by molar-refractivity contribution is -0.331. The Labute approximate surface area is 482 Å². The number of ether oxygens (including phenoxy) is 9. The maximum Gasteiger partial charge on any atom is 0.508 e. The monoisotopic (exact) mass is 1160 g/mol. The molecule has 4 aliphatic heterocycles. The van der Waals surface area contributed by atoms with Gasteiger partial charge in [0.05, 0.1) is 37.6 Å². The number of allylic oxidation sites excluding steroid dienone is 6. The molecule has 0 aromatic rings. The summed E-state index contributed by atoms with van der Waals surface area (Å²) in [6.07, 6.45) is 3.81. The SMILES string of the molecule is CO[C@H]1C[C@@H]2CC[C@@H](C)[C@@](O)(O2)C(=O)C(=O)N2CCCCC2C(=O)O[C@H]([C@H](C)CC2CC[C@@H](OCCOC(=O)OCC3(O)OC[C@H](O)[C@@H](O)[C@@H]3O)[C@H](OC)C2)CC(=O)[C@H](C)/C=C(\C)[C@@H](O)[C@@H](OC)C(=O)[C@H](C)C[C@H](C)\C=C/C=C/C=C/1C. The number of piperidine rings is 1. The minimum Gasteiger partial charge on any atom is -0.460 e. The Hall–Kier alpha value is -4.30. The van der Waals surface area contributed by atoms with E-state index in [-0.39, 0.29) is 62.4 Å². The highest BCUT2D eigenvalue weighted by Gasteiger charge is 2.54. The van der Waals surface area contributed by atoms with E-state index in [0.29, 0.717) is 63.4 Å². The number of nitrogens with zero attached hydrogens (tertiary/aromatic N) is 1. The fourth-order valence-electron chi connectivity index (χ4n) is 11.8. The van der Waals surface area contributed by atoms with Crippen LogP contribution in [0.5, 0.6) is 0 Å². The number of fused-ring (bicyclic) bond motifs is 3. The summed E-state index contributed by atoms with van der Waals surface area (Å²) < 4.78 is 50.8. The molecular formula is C60H93NO21. The van der Waals surface area contributed by atoms with Crippen LogP contribution in [0.4, 0.5) is 4.79 Å². The molecule has 1 aliphatic carbocycles. The summed E-state index contributed by atoms with van der Waals surface area (Å²) >= 11 is 0. The molecule has 3 unspecified atom stereocenters. The molecule has 22 heteroatoms. The third-order valence-corrected chi connectivity index (χ3v) is 17.2. The third-order valence-electron chi connectivity index (χ3n) is 17.2. The van der Waals surface area contributed by atoms with Crippen LogP contribution < -0.4 is 0 Å². The Kier molecular flexibility index (Phi) is 26.5. The number of ketones is 3. The van der Waals surface area contributed by atoms with Gasteiger partial charge in [0.15, 0.2) is 12.4 Å². The molecule has 0 spiro atoms. The van der Waals surface area contributed by atoms with Crippen LogP contribution in [0.15, 0.2) is 47.6 Å². The van der Waals surface area contributed by atoms with Crippen molar-refractivity contribution in [2.24, 2.45) is 35.5 Å². The van der Waals surface area contributed by atoms with Crippen molar-refractivity contribution < 1.29 is 102 Å². The minimum absolute atomic E-state index is 0.0137. The highest BCUT2D eigenvalue weighted by atomic mass is 16.7. The van der Waals surface area contributed by atoms with Crippen molar-refractivity contribution in [2.75, 3.05) is 54.3 Å². The molecule has 0 aromatic heterocycles. The van der Waals surface area contributed by atoms with Crippen LogP contribution in [0.25, 0.3) is 0 Å². The van der Waals surface area contributed by atoms with E-state index in [1.54, 1.807) is 48.0 Å². The number of Topliss-reactive ketones (excluding diaryl/α,β-unsaturated/α-hetero) is 3. The zero-order valence-electron chi connectivity index (χ0n) is 49.6. The number of carbonyl (C=O) groups is 6. The van der Waals surface area contributed by atoms with Crippen molar-refractivity contribution in [3.05, 3.63) is 47.6 Å². The van der Waals surface area contributed by atoms with Gasteiger partial charge in [0.2, 0.25) is 11.6 Å². The Morgan fingerprint density at radius 3 is 2.24 bits per heavy atom. The number of rotatable bonds is 12. The largest absolute Gasteiger partial charge is 0.508 e. The zero-order chi connectivity index (χ0) is 60.6. The number of aliphatic hydroxyl groups is 6. The van der Waals surface area contributed by atoms with E-state index in [2.05, 4.69) is 0 Å². The fourth-order valence-corrected chi connectivity index (χ4v) is 11.8. The summed E-state index contributed by atoms with van der Waals surface area (Å²) in [4.78, 5) is 85.0. The quantitative estimate of drug-likeness (QED) is 0.0692. The average molecular weight is 1160 g/mol. The number of methoxy groups -OCH3 is 3. The first-order valence-corrected chi connectivity index (χ1v) is 29.1. The van der Waals surface area contributed by atoms with Gasteiger partial charge in [-0.1, -0.05) is 71.1 Å². The molecule has 6 N–H and O–H groups in total. The highest BCUT2D eigenvalue weighted by Crippen LogP contribution is 2.38. The standard InChI is InChI=1S/C60H93NO21/c1-34-16-12-11-13-17-35(2)47(74-8)30-42-21-19-40(7)60(73,82-42)55(68)56(69)61-23-15-14-18-43(61)57(70)81-48(31-44(62)36(3)27-39(6)51(65)53(76-10)50(64)38(5)26-34)37(4)28-41-20-22-46(49(29-41)75-9)77-24-25-78-58(71)79-33-59(72)54(67)52(66)45(63)32-80-59/h11-13,16-17,27,34,36-38,40-43,45-49,51-54,63,65-67,72-73H,14-15,18-26,28-33H2,1-10H3/b13-11+,16-12-,35-17+,39-27+/t34-,36-,37-,38-,40-,41?,42+,43?,45+,46-,47+,48+,49-,51-,52-,53+,54+,59?,60-/m1/s1. The number of aliphatic hydroxyl groups excluding tert-OH is 4. The van der Waals surface area contributed by atoms with E-state index >= 15 is 0 Å². The second-order valence-electron chi connectivity index (χ2n) is 23.5. The van der Waals surface area contributed by atoms with Gasteiger partial charge < -0.3 is 78.2 Å². The zero-order valence-corrected chi connectivity index (χ0v) is 49.6. The maximum absolute atomic E-state index is 14.6. The predicted octanol–water partition coefficient (Wildman–Crippen LogP) is 4.16. The highest BCUT2D eigenvalue weighted by molar-refractivity contribution is 6.39. The van der Waals surface area contributed by atoms with E-state index in [4.69, 9.17) is 42.6 Å². The van der Waals surface area contributed by atoms with Crippen LogP contribution in [0.2, 0.25) is 0 Å². The first-order valence-electron chi connectivity index (χ1n) is 29.1. The number of hydrogen-bond acceptors (Lipinski definition) is 21. The summed E-state index contributed by atoms with van der Waals surface area (Å²) in [5, 5.41) is 63.8. The lowest BCUT2D eigenvalue weighted by Gasteiger charge is -2.42. The summed E-state index contributed by atoms with van der Waals surface area (Å²) in [7, 11) is 4.45. The van der Waals surface area contributed by atoms with E-state index in [9.17, 15) is 59.4 Å². The smallest absolute Gasteiger partial charge is 0.460 e. The molecule has 4 heterocycles. The van der Waals surface area contributed by atoms with Crippen molar-refractivity contribution in [3.63, 3.8) is 0 Å². The minimum atomic E-state index is -2.48. The molecule has 5 aliphatic rings. The number of hydrogen-bond donors (Lipinski definition) is 6. The van der Waals surface area contributed by atoms with Crippen LogP contribution in [-0.4, -0.2) is 204 Å². The van der Waals surface area contributed by atoms with Crippen molar-refractivity contribution >= 4 is 35.4 Å². The summed E-state index contributed by atoms with van der Waals surface area (Å²) in [5.74, 6) is -11.2. The summed E-state index contributed by atoms with van der Waals surface area (Å²) in [5.41, 5.74) is 1.19. The van der Waals surface area contributed by atoms with Gasteiger partial charge in [-0.15, -0.1) is 0 Å². The van der Waals surface area contributed by atoms with Gasteiger partial charge in [-0.25, -0.2) is 9.59 Å². The van der Waals surface area contributed by atoms with E-state index < -0.39 is 139 Å². The van der Waals surface area contributed by atoms with Crippen molar-refractivity contribution in [3.8, 4) is 0 Å². The lowest BCUT2D eigenvalue weighted by Crippen LogP contribution is -2.63. The molecule has 82 heavy (non-hydrogen) atoms. The van der Waals surface area contributed by atoms with Gasteiger partial charge in [0.25, 0.3) is 11.7 Å². The molecule has 2 bridgehead atoms. The molecule has 5 rings (SSSR count). The summed E-state index contributed by atoms with van der Waals surface area (Å²) in [6.45, 7) is 10.8. The molecule has 1 saturated carbocycles. The second kappa shape index (κ2) is 31.7. The van der Waals surface area contributed by atoms with Gasteiger partial charge in [0, 0.05) is 58.5 Å². The fraction of sp³-hybridized carbons (Fsp3) is 0.767. The number of cyclic esters (lactones) is 1. The molecule has 19 atom stereocenters. The van der Waals surface area contributed by atoms with Crippen LogP contribution in [0.3, 0.4) is 0 Å². The average Bonchev–Trinajstić information content (AvgIpc) is 2.90. The topological polar surface area (TPSA) is 310 Å². The second-order valence-corrected chi connectivity index (χ2v) is 23.5. The Morgan fingerprint density at radius 2 is 1.55 bits per heavy atom. The molecule has 22 nitrogen and oxygen atoms in total. The number of carbonyl (C=O) groups excluding carboxylic acids is 6. The van der Waals surface area contributed by atoms with E-state index in [0.717, 1.165) is 10.5 Å². The van der Waals surface area contributed by atoms with Crippen LogP contribution in [0.1, 0.15) is 126 Å². The normalized spacial score (nSPS) is 40.0. The predicted molar refractivity (Wildman–Crippen MR) is 295 cm³/mol. The first kappa shape index (κ1) is 68.5. The van der Waals surface area contributed by atoms with Crippen molar-refractivity contribution in [1.82, 2.24) is 4.90 Å². The molecule has 1 amide bonds.